The Kier molecular flexibility index (Phi) is 3.96. The monoisotopic (exact) mass is 239 g/mol. The minimum atomic E-state index is 0.614. The first-order chi connectivity index (χ1) is 7.81. The molecule has 1 aromatic carbocycles. The van der Waals surface area contributed by atoms with E-state index in [1.165, 1.54) is 0 Å². The second kappa shape index (κ2) is 5.46. The Morgan fingerprint density at radius 1 is 1.38 bits per heavy atom. The number of nitrogens with two attached hydrogens (primary N) is 1. The molecule has 0 amide bonds. The molecule has 16 heavy (non-hydrogen) atoms. The maximum absolute atomic E-state index is 6.03. The summed E-state index contributed by atoms with van der Waals surface area (Å²) in [4.78, 5) is 1.12. The molecule has 1 aliphatic rings. The minimum absolute atomic E-state index is 0.614. The van der Waals surface area contributed by atoms with Gasteiger partial charge < -0.3 is 15.2 Å². The fourth-order valence-corrected chi connectivity index (χ4v) is 2.95. The van der Waals surface area contributed by atoms with Crippen LogP contribution in [0.25, 0.3) is 0 Å². The van der Waals surface area contributed by atoms with Crippen LogP contribution in [0.15, 0.2) is 23.1 Å². The van der Waals surface area contributed by atoms with Crippen LogP contribution in [0.5, 0.6) is 5.75 Å². The lowest BCUT2D eigenvalue weighted by atomic mass is 10.2. The summed E-state index contributed by atoms with van der Waals surface area (Å²) in [6, 6.07) is 5.93. The number of methoxy groups -OCH3 is 1. The molecule has 4 heteroatoms. The largest absolute Gasteiger partial charge is 0.495 e. The first-order valence-electron chi connectivity index (χ1n) is 5.48. The molecule has 3 nitrogen and oxygen atoms in total. The van der Waals surface area contributed by atoms with Crippen LogP contribution in [0.2, 0.25) is 0 Å². The quantitative estimate of drug-likeness (QED) is 0.823. The fraction of sp³-hybridized carbons (Fsp3) is 0.500. The van der Waals surface area contributed by atoms with Crippen LogP contribution in [0.3, 0.4) is 0 Å². The molecule has 2 rings (SSSR count). The first-order valence-corrected chi connectivity index (χ1v) is 6.36. The molecule has 1 heterocycles. The van der Waals surface area contributed by atoms with Gasteiger partial charge in [0.1, 0.15) is 5.75 Å². The predicted octanol–water partition coefficient (Wildman–Crippen LogP) is 2.55. The predicted molar refractivity (Wildman–Crippen MR) is 67.1 cm³/mol. The number of benzene rings is 1. The lowest BCUT2D eigenvalue weighted by Gasteiger charge is -2.22. The Hall–Kier alpha value is -0.870. The van der Waals surface area contributed by atoms with E-state index in [0.29, 0.717) is 5.25 Å². The second-order valence-electron chi connectivity index (χ2n) is 3.80. The van der Waals surface area contributed by atoms with Gasteiger partial charge in [-0.25, -0.2) is 0 Å². The van der Waals surface area contributed by atoms with Crippen molar-refractivity contribution in [2.45, 2.75) is 23.0 Å². The highest BCUT2D eigenvalue weighted by atomic mass is 32.2. The van der Waals surface area contributed by atoms with Crippen LogP contribution < -0.4 is 10.5 Å². The molecule has 1 fully saturated rings. The van der Waals surface area contributed by atoms with E-state index in [1.807, 2.05) is 23.9 Å². The molecule has 0 radical (unpaired) electrons. The molecule has 1 aliphatic heterocycles. The highest BCUT2D eigenvalue weighted by Gasteiger charge is 2.17. The standard InChI is InChI=1S/C12H17NO2S/c1-14-10-3-2-4-11(12(10)13)16-9-5-7-15-8-6-9/h2-4,9H,5-8,13H2,1H3. The summed E-state index contributed by atoms with van der Waals surface area (Å²) in [6.07, 6.45) is 2.20. The third-order valence-electron chi connectivity index (χ3n) is 2.71. The molecular weight excluding hydrogens is 222 g/mol. The summed E-state index contributed by atoms with van der Waals surface area (Å²) >= 11 is 1.84. The number of rotatable bonds is 3. The second-order valence-corrected chi connectivity index (χ2v) is 5.14. The molecule has 0 aliphatic carbocycles. The molecule has 0 spiro atoms. The van der Waals surface area contributed by atoms with E-state index in [9.17, 15) is 0 Å². The molecule has 1 saturated heterocycles. The molecule has 2 N–H and O–H groups in total. The zero-order valence-corrected chi connectivity index (χ0v) is 10.3. The van der Waals surface area contributed by atoms with Crippen LogP contribution in [-0.2, 0) is 4.74 Å². The van der Waals surface area contributed by atoms with Crippen molar-refractivity contribution in [2.24, 2.45) is 0 Å². The van der Waals surface area contributed by atoms with E-state index in [2.05, 4.69) is 6.07 Å². The van der Waals surface area contributed by atoms with Crippen molar-refractivity contribution in [3.63, 3.8) is 0 Å². The topological polar surface area (TPSA) is 44.5 Å². The Labute approximate surface area is 100 Å². The van der Waals surface area contributed by atoms with Crippen LogP contribution in [0, 0.1) is 0 Å². The summed E-state index contributed by atoms with van der Waals surface area (Å²) in [5, 5.41) is 0.614. The van der Waals surface area contributed by atoms with Gasteiger partial charge in [0.15, 0.2) is 0 Å². The number of nitrogen functional groups attached to an aromatic ring is 1. The Morgan fingerprint density at radius 3 is 2.81 bits per heavy atom. The maximum Gasteiger partial charge on any atom is 0.142 e. The average molecular weight is 239 g/mol. The summed E-state index contributed by atoms with van der Waals surface area (Å²) in [7, 11) is 1.65. The Bertz CT molecular complexity index is 351. The van der Waals surface area contributed by atoms with Crippen molar-refractivity contribution >= 4 is 17.4 Å². The number of para-hydroxylation sites is 1. The number of hydrogen-bond donors (Lipinski definition) is 1. The van der Waals surface area contributed by atoms with Crippen LogP contribution in [0.4, 0.5) is 5.69 Å². The molecule has 0 bridgehead atoms. The van der Waals surface area contributed by atoms with E-state index in [0.717, 1.165) is 42.4 Å². The van der Waals surface area contributed by atoms with Gasteiger partial charge in [0.2, 0.25) is 0 Å². The lowest BCUT2D eigenvalue weighted by molar-refractivity contribution is 0.100. The summed E-state index contributed by atoms with van der Waals surface area (Å²) in [5.74, 6) is 0.761. The highest BCUT2D eigenvalue weighted by molar-refractivity contribution is 8.00. The van der Waals surface area contributed by atoms with E-state index in [-0.39, 0.29) is 0 Å². The maximum atomic E-state index is 6.03. The van der Waals surface area contributed by atoms with Crippen LogP contribution >= 0.6 is 11.8 Å². The van der Waals surface area contributed by atoms with E-state index < -0.39 is 0 Å². The van der Waals surface area contributed by atoms with Crippen molar-refractivity contribution in [3.8, 4) is 5.75 Å². The molecule has 0 saturated carbocycles. The van der Waals surface area contributed by atoms with Crippen molar-refractivity contribution in [2.75, 3.05) is 26.1 Å². The van der Waals surface area contributed by atoms with Gasteiger partial charge in [-0.2, -0.15) is 0 Å². The number of hydrogen-bond acceptors (Lipinski definition) is 4. The summed E-state index contributed by atoms with van der Waals surface area (Å²) < 4.78 is 10.6. The van der Waals surface area contributed by atoms with E-state index in [1.54, 1.807) is 7.11 Å². The van der Waals surface area contributed by atoms with Crippen molar-refractivity contribution in [1.29, 1.82) is 0 Å². The van der Waals surface area contributed by atoms with E-state index in [4.69, 9.17) is 15.2 Å². The van der Waals surface area contributed by atoms with Gasteiger partial charge >= 0.3 is 0 Å². The van der Waals surface area contributed by atoms with Gasteiger partial charge in [-0.15, -0.1) is 11.8 Å². The smallest absolute Gasteiger partial charge is 0.142 e. The molecule has 0 aromatic heterocycles. The van der Waals surface area contributed by atoms with Crippen molar-refractivity contribution in [1.82, 2.24) is 0 Å². The van der Waals surface area contributed by atoms with Gasteiger partial charge in [-0.05, 0) is 25.0 Å². The zero-order chi connectivity index (χ0) is 11.4. The van der Waals surface area contributed by atoms with Crippen molar-refractivity contribution in [3.05, 3.63) is 18.2 Å². The SMILES string of the molecule is COc1cccc(SC2CCOCC2)c1N. The molecule has 1 aromatic rings. The van der Waals surface area contributed by atoms with E-state index >= 15 is 0 Å². The van der Waals surface area contributed by atoms with Crippen molar-refractivity contribution < 1.29 is 9.47 Å². The third-order valence-corrected chi connectivity index (χ3v) is 4.12. The van der Waals surface area contributed by atoms with Crippen LogP contribution in [-0.4, -0.2) is 25.6 Å². The number of anilines is 1. The Balaban J connectivity index is 2.08. The van der Waals surface area contributed by atoms with Gasteiger partial charge in [-0.3, -0.25) is 0 Å². The fourth-order valence-electron chi connectivity index (χ4n) is 1.78. The molecular formula is C12H17NO2S. The first kappa shape index (κ1) is 11.6. The highest BCUT2D eigenvalue weighted by Crippen LogP contribution is 2.37. The van der Waals surface area contributed by atoms with Crippen LogP contribution in [0.1, 0.15) is 12.8 Å². The lowest BCUT2D eigenvalue weighted by Crippen LogP contribution is -2.17. The Morgan fingerprint density at radius 2 is 2.12 bits per heavy atom. The van der Waals surface area contributed by atoms with Gasteiger partial charge in [0, 0.05) is 23.4 Å². The summed E-state index contributed by atoms with van der Waals surface area (Å²) in [6.45, 7) is 1.73. The minimum Gasteiger partial charge on any atom is -0.495 e. The third kappa shape index (κ3) is 2.62. The van der Waals surface area contributed by atoms with Gasteiger partial charge in [0.25, 0.3) is 0 Å². The molecule has 0 atom stereocenters. The van der Waals surface area contributed by atoms with Gasteiger partial charge in [0.05, 0.1) is 12.8 Å². The molecule has 0 unspecified atom stereocenters. The zero-order valence-electron chi connectivity index (χ0n) is 9.44. The average Bonchev–Trinajstić information content (AvgIpc) is 2.33. The molecule has 88 valence electrons. The number of ether oxygens (including phenoxy) is 2. The number of thioether (sulfide) groups is 1. The van der Waals surface area contributed by atoms with Gasteiger partial charge in [-0.1, -0.05) is 6.07 Å². The normalized spacial score (nSPS) is 17.3. The summed E-state index contributed by atoms with van der Waals surface area (Å²) in [5.41, 5.74) is 6.79.